The second-order valence-corrected chi connectivity index (χ2v) is 5.46. The lowest BCUT2D eigenvalue weighted by Crippen LogP contribution is -2.37. The van der Waals surface area contributed by atoms with Crippen LogP contribution in [0.2, 0.25) is 0 Å². The number of anilines is 1. The van der Waals surface area contributed by atoms with Crippen LogP contribution in [-0.2, 0) is 21.1 Å². The fourth-order valence-electron chi connectivity index (χ4n) is 2.74. The van der Waals surface area contributed by atoms with Gasteiger partial charge in [-0.3, -0.25) is 28.7 Å². The summed E-state index contributed by atoms with van der Waals surface area (Å²) in [5, 5.41) is 4.88. The number of nitrogens with one attached hydrogen (secondary N) is 1. The molecule has 4 heterocycles. The SMILES string of the molecule is Cn1c(=O)c2c(ccn2Nc2ncnc3c2cnn3C)n(C)c1=O. The Balaban J connectivity index is 1.95. The molecular formula is C14H14N8O2. The van der Waals surface area contributed by atoms with Crippen LogP contribution in [0.5, 0.6) is 0 Å². The van der Waals surface area contributed by atoms with Crippen LogP contribution in [0.25, 0.3) is 22.1 Å². The molecule has 0 spiro atoms. The van der Waals surface area contributed by atoms with E-state index in [1.807, 2.05) is 0 Å². The molecule has 0 atom stereocenters. The van der Waals surface area contributed by atoms with Crippen molar-refractivity contribution in [3.8, 4) is 0 Å². The molecule has 24 heavy (non-hydrogen) atoms. The fourth-order valence-corrected chi connectivity index (χ4v) is 2.74. The lowest BCUT2D eigenvalue weighted by molar-refractivity contribution is 0.709. The molecule has 0 radical (unpaired) electrons. The van der Waals surface area contributed by atoms with Gasteiger partial charge in [-0.15, -0.1) is 0 Å². The molecule has 0 aliphatic carbocycles. The number of rotatable bonds is 2. The molecule has 0 aliphatic heterocycles. The highest BCUT2D eigenvalue weighted by atomic mass is 16.2. The fraction of sp³-hybridized carbons (Fsp3) is 0.214. The normalized spacial score (nSPS) is 11.5. The molecule has 4 aromatic heterocycles. The number of aryl methyl sites for hydroxylation is 2. The Morgan fingerprint density at radius 1 is 1.08 bits per heavy atom. The average Bonchev–Trinajstić information content (AvgIpc) is 3.16. The van der Waals surface area contributed by atoms with E-state index in [1.165, 1.54) is 17.9 Å². The van der Waals surface area contributed by atoms with Gasteiger partial charge in [-0.1, -0.05) is 0 Å². The minimum Gasteiger partial charge on any atom is -0.295 e. The van der Waals surface area contributed by atoms with Gasteiger partial charge in [-0.25, -0.2) is 14.8 Å². The molecule has 0 amide bonds. The van der Waals surface area contributed by atoms with Gasteiger partial charge >= 0.3 is 5.69 Å². The van der Waals surface area contributed by atoms with Crippen LogP contribution < -0.4 is 16.7 Å². The highest BCUT2D eigenvalue weighted by molar-refractivity contribution is 5.86. The molecule has 10 heteroatoms. The minimum atomic E-state index is -0.387. The zero-order valence-corrected chi connectivity index (χ0v) is 13.3. The topological polar surface area (TPSA) is 105 Å². The lowest BCUT2D eigenvalue weighted by Gasteiger charge is -2.10. The standard InChI is InChI=1S/C14H14N8O2/c1-19-9-4-5-22(10(9)13(23)20(2)14(19)24)18-11-8-6-17-21(3)12(8)16-7-15-11/h4-7H,1-3H3,(H,15,16,18). The van der Waals surface area contributed by atoms with Crippen molar-refractivity contribution in [2.45, 2.75) is 0 Å². The Labute approximate surface area is 134 Å². The Bertz CT molecular complexity index is 1210. The van der Waals surface area contributed by atoms with E-state index in [0.29, 0.717) is 22.5 Å². The minimum absolute atomic E-state index is 0.357. The number of nitrogens with zero attached hydrogens (tertiary/aromatic N) is 7. The van der Waals surface area contributed by atoms with Crippen molar-refractivity contribution in [3.05, 3.63) is 45.6 Å². The number of hydrogen-bond donors (Lipinski definition) is 1. The number of fused-ring (bicyclic) bond motifs is 2. The number of aromatic nitrogens is 7. The average molecular weight is 326 g/mol. The van der Waals surface area contributed by atoms with Crippen LogP contribution in [0.3, 0.4) is 0 Å². The highest BCUT2D eigenvalue weighted by Gasteiger charge is 2.14. The third-order valence-electron chi connectivity index (χ3n) is 4.06. The van der Waals surface area contributed by atoms with E-state index < -0.39 is 0 Å². The maximum absolute atomic E-state index is 12.5. The van der Waals surface area contributed by atoms with Crippen LogP contribution in [0.1, 0.15) is 0 Å². The van der Waals surface area contributed by atoms with Gasteiger partial charge in [0.05, 0.1) is 17.1 Å². The summed E-state index contributed by atoms with van der Waals surface area (Å²) in [6.07, 6.45) is 4.75. The van der Waals surface area contributed by atoms with Gasteiger partial charge in [0, 0.05) is 27.3 Å². The van der Waals surface area contributed by atoms with E-state index in [0.717, 1.165) is 9.95 Å². The van der Waals surface area contributed by atoms with E-state index >= 15 is 0 Å². The third kappa shape index (κ3) is 1.79. The van der Waals surface area contributed by atoms with E-state index in [1.54, 1.807) is 41.9 Å². The summed E-state index contributed by atoms with van der Waals surface area (Å²) in [6, 6.07) is 1.70. The van der Waals surface area contributed by atoms with Crippen molar-refractivity contribution in [1.29, 1.82) is 0 Å². The molecule has 0 aliphatic rings. The van der Waals surface area contributed by atoms with Gasteiger partial charge in [0.1, 0.15) is 6.33 Å². The predicted molar refractivity (Wildman–Crippen MR) is 87.7 cm³/mol. The van der Waals surface area contributed by atoms with E-state index in [2.05, 4.69) is 20.5 Å². The zero-order valence-electron chi connectivity index (χ0n) is 13.3. The molecule has 0 saturated heterocycles. The second kappa shape index (κ2) is 4.78. The summed E-state index contributed by atoms with van der Waals surface area (Å²) < 4.78 is 5.68. The second-order valence-electron chi connectivity index (χ2n) is 5.46. The summed E-state index contributed by atoms with van der Waals surface area (Å²) in [5.41, 5.74) is 3.88. The van der Waals surface area contributed by atoms with Crippen molar-refractivity contribution in [3.63, 3.8) is 0 Å². The quantitative estimate of drug-likeness (QED) is 0.537. The summed E-state index contributed by atoms with van der Waals surface area (Å²) in [6.45, 7) is 0. The monoisotopic (exact) mass is 326 g/mol. The summed E-state index contributed by atoms with van der Waals surface area (Å²) in [5.74, 6) is 0.515. The smallest absolute Gasteiger partial charge is 0.295 e. The molecule has 122 valence electrons. The van der Waals surface area contributed by atoms with E-state index in [-0.39, 0.29) is 11.2 Å². The van der Waals surface area contributed by atoms with Crippen LogP contribution in [0.4, 0.5) is 5.82 Å². The van der Waals surface area contributed by atoms with Gasteiger partial charge in [-0.2, -0.15) is 5.10 Å². The number of hydrogen-bond acceptors (Lipinski definition) is 6. The summed E-state index contributed by atoms with van der Waals surface area (Å²) >= 11 is 0. The molecule has 0 bridgehead atoms. The van der Waals surface area contributed by atoms with Crippen molar-refractivity contribution in [1.82, 2.24) is 33.6 Å². The van der Waals surface area contributed by atoms with Gasteiger partial charge in [-0.05, 0) is 6.07 Å². The molecule has 4 aromatic rings. The Kier molecular flexibility index (Phi) is 2.82. The molecule has 0 fully saturated rings. The third-order valence-corrected chi connectivity index (χ3v) is 4.06. The predicted octanol–water partition coefficient (Wildman–Crippen LogP) is -0.409. The van der Waals surface area contributed by atoms with Gasteiger partial charge in [0.15, 0.2) is 17.0 Å². The van der Waals surface area contributed by atoms with Crippen LogP contribution in [-0.4, -0.2) is 33.6 Å². The molecule has 10 nitrogen and oxygen atoms in total. The van der Waals surface area contributed by atoms with Crippen LogP contribution in [0, 0.1) is 0 Å². The first-order chi connectivity index (χ1) is 11.5. The molecular weight excluding hydrogens is 312 g/mol. The van der Waals surface area contributed by atoms with E-state index in [4.69, 9.17) is 0 Å². The Morgan fingerprint density at radius 3 is 2.67 bits per heavy atom. The maximum atomic E-state index is 12.5. The summed E-state index contributed by atoms with van der Waals surface area (Å²) in [7, 11) is 4.86. The molecule has 0 aromatic carbocycles. The first kappa shape index (κ1) is 14.2. The van der Waals surface area contributed by atoms with Crippen molar-refractivity contribution in [2.24, 2.45) is 21.1 Å². The van der Waals surface area contributed by atoms with Crippen LogP contribution in [0.15, 0.2) is 34.4 Å². The molecule has 0 unspecified atom stereocenters. The first-order valence-corrected chi connectivity index (χ1v) is 7.16. The Morgan fingerprint density at radius 2 is 1.88 bits per heavy atom. The highest BCUT2D eigenvalue weighted by Crippen LogP contribution is 2.19. The zero-order chi connectivity index (χ0) is 17.0. The maximum Gasteiger partial charge on any atom is 0.331 e. The van der Waals surface area contributed by atoms with E-state index in [9.17, 15) is 9.59 Å². The van der Waals surface area contributed by atoms with Gasteiger partial charge in [0.2, 0.25) is 0 Å². The summed E-state index contributed by atoms with van der Waals surface area (Å²) in [4.78, 5) is 32.9. The van der Waals surface area contributed by atoms with Crippen molar-refractivity contribution < 1.29 is 0 Å². The van der Waals surface area contributed by atoms with Gasteiger partial charge in [0.25, 0.3) is 5.56 Å². The Hall–Kier alpha value is -3.43. The van der Waals surface area contributed by atoms with Crippen molar-refractivity contribution >= 4 is 27.9 Å². The first-order valence-electron chi connectivity index (χ1n) is 7.16. The van der Waals surface area contributed by atoms with Crippen molar-refractivity contribution in [2.75, 3.05) is 5.43 Å². The molecule has 1 N–H and O–H groups in total. The van der Waals surface area contributed by atoms with Gasteiger partial charge < -0.3 is 0 Å². The largest absolute Gasteiger partial charge is 0.331 e. The molecule has 0 saturated carbocycles. The van der Waals surface area contributed by atoms with Crippen LogP contribution >= 0.6 is 0 Å². The molecule has 4 rings (SSSR count). The lowest BCUT2D eigenvalue weighted by atomic mass is 10.4.